The Kier molecular flexibility index (Phi) is 5.39. The number of hydrogen-bond donors (Lipinski definition) is 2. The molecular weight excluding hydrogens is 309 g/mol. The van der Waals surface area contributed by atoms with E-state index in [0.29, 0.717) is 37.2 Å². The van der Waals surface area contributed by atoms with Crippen molar-refractivity contribution in [2.45, 2.75) is 57.5 Å². The van der Waals surface area contributed by atoms with Crippen molar-refractivity contribution in [2.24, 2.45) is 11.8 Å². The fraction of sp³-hybridized carbons (Fsp3) is 0.632. The third-order valence-electron chi connectivity index (χ3n) is 5.19. The Morgan fingerprint density at radius 3 is 2.58 bits per heavy atom. The van der Waals surface area contributed by atoms with Crippen LogP contribution in [0.1, 0.15) is 57.1 Å². The van der Waals surface area contributed by atoms with Crippen molar-refractivity contribution in [1.82, 2.24) is 5.32 Å². The molecule has 0 aromatic heterocycles. The van der Waals surface area contributed by atoms with Gasteiger partial charge in [0.2, 0.25) is 0 Å². The molecule has 2 fully saturated rings. The van der Waals surface area contributed by atoms with Crippen LogP contribution in [0.5, 0.6) is 5.75 Å². The smallest absolute Gasteiger partial charge is 0.306 e. The second kappa shape index (κ2) is 7.51. The maximum atomic E-state index is 14.2. The number of carboxylic acid groups (broad SMARTS) is 1. The first-order chi connectivity index (χ1) is 11.5. The van der Waals surface area contributed by atoms with Gasteiger partial charge >= 0.3 is 5.97 Å². The van der Waals surface area contributed by atoms with Crippen molar-refractivity contribution in [3.8, 4) is 5.75 Å². The average molecular weight is 335 g/mol. The number of carboxylic acids is 1. The summed E-state index contributed by atoms with van der Waals surface area (Å²) in [5, 5.41) is 12.5. The summed E-state index contributed by atoms with van der Waals surface area (Å²) in [7, 11) is 0. The number of ether oxygens (including phenoxy) is 1. The predicted octanol–water partition coefficient (Wildman–Crippen LogP) is 3.91. The van der Waals surface area contributed by atoms with Gasteiger partial charge in [-0.1, -0.05) is 6.07 Å². The van der Waals surface area contributed by atoms with Crippen LogP contribution in [0.15, 0.2) is 18.2 Å². The summed E-state index contributed by atoms with van der Waals surface area (Å²) in [6, 6.07) is 5.49. The molecule has 0 bridgehead atoms. The van der Waals surface area contributed by atoms with Crippen LogP contribution in [-0.2, 0) is 4.79 Å². The van der Waals surface area contributed by atoms with Gasteiger partial charge in [-0.05, 0) is 69.1 Å². The lowest BCUT2D eigenvalue weighted by Gasteiger charge is -2.29. The topological polar surface area (TPSA) is 58.6 Å². The Morgan fingerprint density at radius 2 is 2.00 bits per heavy atom. The zero-order chi connectivity index (χ0) is 17.1. The number of rotatable bonds is 7. The van der Waals surface area contributed by atoms with E-state index in [1.807, 2.05) is 13.0 Å². The maximum Gasteiger partial charge on any atom is 0.306 e. The van der Waals surface area contributed by atoms with Crippen LogP contribution in [0.2, 0.25) is 0 Å². The third kappa shape index (κ3) is 4.47. The average Bonchev–Trinajstić information content (AvgIpc) is 3.38. The summed E-state index contributed by atoms with van der Waals surface area (Å²) >= 11 is 0. The van der Waals surface area contributed by atoms with Crippen molar-refractivity contribution in [1.29, 1.82) is 0 Å². The second-order valence-electron chi connectivity index (χ2n) is 7.22. The van der Waals surface area contributed by atoms with E-state index in [2.05, 4.69) is 5.32 Å². The molecule has 0 heterocycles. The van der Waals surface area contributed by atoms with Gasteiger partial charge in [-0.2, -0.15) is 0 Å². The second-order valence-corrected chi connectivity index (χ2v) is 7.22. The van der Waals surface area contributed by atoms with Crippen LogP contribution >= 0.6 is 0 Å². The maximum absolute atomic E-state index is 14.2. The molecule has 2 N–H and O–H groups in total. The van der Waals surface area contributed by atoms with E-state index < -0.39 is 5.97 Å². The molecule has 2 saturated carbocycles. The number of nitrogens with one attached hydrogen (secondary N) is 1. The lowest BCUT2D eigenvalue weighted by molar-refractivity contribution is -0.142. The number of halogens is 1. The molecule has 132 valence electrons. The molecule has 1 unspecified atom stereocenters. The van der Waals surface area contributed by atoms with Crippen molar-refractivity contribution >= 4 is 5.97 Å². The van der Waals surface area contributed by atoms with Crippen LogP contribution in [-0.4, -0.2) is 23.7 Å². The van der Waals surface area contributed by atoms with Gasteiger partial charge < -0.3 is 15.2 Å². The molecule has 0 spiro atoms. The molecule has 4 nitrogen and oxygen atoms in total. The molecular formula is C19H26FNO3. The van der Waals surface area contributed by atoms with E-state index >= 15 is 0 Å². The van der Waals surface area contributed by atoms with Crippen LogP contribution in [0.25, 0.3) is 0 Å². The van der Waals surface area contributed by atoms with Gasteiger partial charge in [-0.3, -0.25) is 4.79 Å². The highest BCUT2D eigenvalue weighted by Gasteiger charge is 2.27. The van der Waals surface area contributed by atoms with Crippen LogP contribution in [0.4, 0.5) is 4.39 Å². The largest absolute Gasteiger partial charge is 0.490 e. The minimum Gasteiger partial charge on any atom is -0.490 e. The molecule has 0 radical (unpaired) electrons. The molecule has 0 amide bonds. The lowest BCUT2D eigenvalue weighted by atomic mass is 9.85. The fourth-order valence-corrected chi connectivity index (χ4v) is 3.35. The van der Waals surface area contributed by atoms with Crippen LogP contribution in [0, 0.1) is 17.7 Å². The highest BCUT2D eigenvalue weighted by molar-refractivity contribution is 5.70. The SMILES string of the molecule is CC(NC1CCC(C(=O)O)CC1)c1ccc(OCC2CC2)c(F)c1. The molecule has 1 aromatic rings. The molecule has 5 heteroatoms. The van der Waals surface area contributed by atoms with Crippen molar-refractivity contribution in [2.75, 3.05) is 6.61 Å². The number of benzene rings is 1. The fourth-order valence-electron chi connectivity index (χ4n) is 3.35. The van der Waals surface area contributed by atoms with Gasteiger partial charge in [0.15, 0.2) is 11.6 Å². The highest BCUT2D eigenvalue weighted by Crippen LogP contribution is 2.31. The number of hydrogen-bond acceptors (Lipinski definition) is 3. The normalized spacial score (nSPS) is 25.2. The van der Waals surface area contributed by atoms with Gasteiger partial charge in [0.05, 0.1) is 12.5 Å². The molecule has 1 aromatic carbocycles. The van der Waals surface area contributed by atoms with Gasteiger partial charge in [0.1, 0.15) is 0 Å². The molecule has 2 aliphatic carbocycles. The van der Waals surface area contributed by atoms with Gasteiger partial charge in [0.25, 0.3) is 0 Å². The minimum atomic E-state index is -0.689. The van der Waals surface area contributed by atoms with Crippen LogP contribution < -0.4 is 10.1 Å². The highest BCUT2D eigenvalue weighted by atomic mass is 19.1. The third-order valence-corrected chi connectivity index (χ3v) is 5.19. The van der Waals surface area contributed by atoms with Crippen molar-refractivity contribution < 1.29 is 19.0 Å². The Balaban J connectivity index is 1.52. The summed E-state index contributed by atoms with van der Waals surface area (Å²) in [6.07, 6.45) is 5.50. The molecule has 0 aliphatic heterocycles. The monoisotopic (exact) mass is 335 g/mol. The lowest BCUT2D eigenvalue weighted by Crippen LogP contribution is -2.36. The zero-order valence-corrected chi connectivity index (χ0v) is 14.1. The van der Waals surface area contributed by atoms with E-state index in [1.54, 1.807) is 12.1 Å². The molecule has 24 heavy (non-hydrogen) atoms. The number of aliphatic carboxylic acids is 1. The summed E-state index contributed by atoms with van der Waals surface area (Å²) in [4.78, 5) is 11.0. The first-order valence-corrected chi connectivity index (χ1v) is 8.94. The Bertz CT molecular complexity index is 580. The van der Waals surface area contributed by atoms with E-state index in [4.69, 9.17) is 9.84 Å². The quantitative estimate of drug-likeness (QED) is 0.793. The molecule has 3 rings (SSSR count). The standard InChI is InChI=1S/C19H26FNO3/c1-12(21-16-7-4-14(5-8-16)19(22)23)15-6-9-18(17(20)10-15)24-11-13-2-3-13/h6,9-10,12-14,16,21H,2-5,7-8,11H2,1H3,(H,22,23). The van der Waals surface area contributed by atoms with Gasteiger partial charge in [0, 0.05) is 12.1 Å². The predicted molar refractivity (Wildman–Crippen MR) is 89.6 cm³/mol. The van der Waals surface area contributed by atoms with E-state index in [-0.39, 0.29) is 17.8 Å². The van der Waals surface area contributed by atoms with Crippen molar-refractivity contribution in [3.63, 3.8) is 0 Å². The summed E-state index contributed by atoms with van der Waals surface area (Å²) in [5.41, 5.74) is 0.895. The summed E-state index contributed by atoms with van der Waals surface area (Å²) in [5.74, 6) is -0.272. The van der Waals surface area contributed by atoms with E-state index in [0.717, 1.165) is 18.4 Å². The summed E-state index contributed by atoms with van der Waals surface area (Å²) in [6.45, 7) is 2.62. The van der Waals surface area contributed by atoms with Crippen LogP contribution in [0.3, 0.4) is 0 Å². The Labute approximate surface area is 142 Å². The first-order valence-electron chi connectivity index (χ1n) is 8.94. The first kappa shape index (κ1) is 17.2. The molecule has 0 saturated heterocycles. The minimum absolute atomic E-state index is 0.0309. The van der Waals surface area contributed by atoms with Gasteiger partial charge in [-0.15, -0.1) is 0 Å². The van der Waals surface area contributed by atoms with E-state index in [1.165, 1.54) is 12.8 Å². The van der Waals surface area contributed by atoms with Gasteiger partial charge in [-0.25, -0.2) is 4.39 Å². The summed E-state index contributed by atoms with van der Waals surface area (Å²) < 4.78 is 19.7. The Hall–Kier alpha value is -1.62. The van der Waals surface area contributed by atoms with E-state index in [9.17, 15) is 9.18 Å². The Morgan fingerprint density at radius 1 is 1.29 bits per heavy atom. The zero-order valence-electron chi connectivity index (χ0n) is 14.1. The number of carbonyl (C=O) groups is 1. The van der Waals surface area contributed by atoms with Crippen molar-refractivity contribution in [3.05, 3.63) is 29.6 Å². The molecule has 1 atom stereocenters. The molecule has 2 aliphatic rings.